The van der Waals surface area contributed by atoms with E-state index in [9.17, 15) is 4.79 Å². The second-order valence-corrected chi connectivity index (χ2v) is 7.48. The maximum Gasteiger partial charge on any atom is 0.222 e. The summed E-state index contributed by atoms with van der Waals surface area (Å²) in [6, 6.07) is 14.1. The summed E-state index contributed by atoms with van der Waals surface area (Å²) in [5.74, 6) is 1.14. The lowest BCUT2D eigenvalue weighted by Crippen LogP contribution is -2.28. The Morgan fingerprint density at radius 3 is 2.74 bits per heavy atom. The molecule has 2 aromatic carbocycles. The number of amides is 1. The number of carbonyl (C=O) groups is 1. The first-order valence-electron chi connectivity index (χ1n) is 9.57. The molecule has 1 amide bonds. The van der Waals surface area contributed by atoms with Gasteiger partial charge < -0.3 is 15.0 Å². The van der Waals surface area contributed by atoms with Gasteiger partial charge >= 0.3 is 0 Å². The molecule has 0 radical (unpaired) electrons. The predicted octanol–water partition coefficient (Wildman–Crippen LogP) is 4.33. The smallest absolute Gasteiger partial charge is 0.222 e. The van der Waals surface area contributed by atoms with E-state index in [-0.39, 0.29) is 5.91 Å². The average molecular weight is 387 g/mol. The minimum absolute atomic E-state index is 0.289. The highest BCUT2D eigenvalue weighted by atomic mass is 35.5. The van der Waals surface area contributed by atoms with Crippen molar-refractivity contribution in [1.82, 2.24) is 10.2 Å². The minimum atomic E-state index is 0.289. The number of ether oxygens (including phenoxy) is 1. The summed E-state index contributed by atoms with van der Waals surface area (Å²) < 4.78 is 6.02. The fourth-order valence-corrected chi connectivity index (χ4v) is 3.43. The molecular weight excluding hydrogens is 360 g/mol. The van der Waals surface area contributed by atoms with Gasteiger partial charge in [-0.05, 0) is 50.1 Å². The van der Waals surface area contributed by atoms with E-state index in [2.05, 4.69) is 36.5 Å². The Morgan fingerprint density at radius 2 is 2.00 bits per heavy atom. The van der Waals surface area contributed by atoms with Gasteiger partial charge in [0, 0.05) is 36.6 Å². The lowest BCUT2D eigenvalue weighted by Gasteiger charge is -2.16. The van der Waals surface area contributed by atoms with Crippen molar-refractivity contribution in [3.63, 3.8) is 0 Å². The van der Waals surface area contributed by atoms with Crippen LogP contribution in [0, 0.1) is 6.92 Å². The van der Waals surface area contributed by atoms with E-state index in [4.69, 9.17) is 16.3 Å². The van der Waals surface area contributed by atoms with E-state index < -0.39 is 0 Å². The van der Waals surface area contributed by atoms with Gasteiger partial charge in [-0.1, -0.05) is 41.4 Å². The maximum atomic E-state index is 11.6. The highest BCUT2D eigenvalue weighted by Gasteiger charge is 2.18. The third kappa shape index (κ3) is 5.98. The molecule has 1 saturated heterocycles. The Morgan fingerprint density at radius 1 is 1.19 bits per heavy atom. The lowest BCUT2D eigenvalue weighted by atomic mass is 10.1. The number of nitrogens with zero attached hydrogens (tertiary/aromatic N) is 1. The molecule has 0 aromatic heterocycles. The monoisotopic (exact) mass is 386 g/mol. The van der Waals surface area contributed by atoms with Gasteiger partial charge in [0.05, 0.1) is 0 Å². The summed E-state index contributed by atoms with van der Waals surface area (Å²) in [5.41, 5.74) is 3.43. The summed E-state index contributed by atoms with van der Waals surface area (Å²) in [7, 11) is 0. The van der Waals surface area contributed by atoms with Gasteiger partial charge in [-0.3, -0.25) is 4.79 Å². The number of hydrogen-bond donors (Lipinski definition) is 1. The Labute approximate surface area is 166 Å². The van der Waals surface area contributed by atoms with Gasteiger partial charge in [-0.15, -0.1) is 0 Å². The predicted molar refractivity (Wildman–Crippen MR) is 109 cm³/mol. The van der Waals surface area contributed by atoms with Crippen molar-refractivity contribution in [3.05, 3.63) is 64.2 Å². The van der Waals surface area contributed by atoms with Crippen LogP contribution in [0.25, 0.3) is 0 Å². The molecule has 0 saturated carbocycles. The molecule has 1 aliphatic heterocycles. The second-order valence-electron chi connectivity index (χ2n) is 7.04. The number of likely N-dealkylation sites (tertiary alicyclic amines) is 1. The van der Waals surface area contributed by atoms with Crippen molar-refractivity contribution >= 4 is 17.5 Å². The molecule has 144 valence electrons. The van der Waals surface area contributed by atoms with Crippen molar-refractivity contribution in [2.45, 2.75) is 39.3 Å². The third-order valence-electron chi connectivity index (χ3n) is 4.81. The zero-order valence-electron chi connectivity index (χ0n) is 15.8. The lowest BCUT2D eigenvalue weighted by molar-refractivity contribution is -0.127. The molecule has 0 spiro atoms. The summed E-state index contributed by atoms with van der Waals surface area (Å²) in [5, 5.41) is 4.14. The molecule has 0 aliphatic carbocycles. The fourth-order valence-electron chi connectivity index (χ4n) is 3.23. The van der Waals surface area contributed by atoms with E-state index in [0.717, 1.165) is 49.4 Å². The molecule has 0 unspecified atom stereocenters. The Kier molecular flexibility index (Phi) is 7.13. The van der Waals surface area contributed by atoms with Crippen LogP contribution in [0.4, 0.5) is 0 Å². The van der Waals surface area contributed by atoms with Crippen LogP contribution in [-0.2, 0) is 17.9 Å². The van der Waals surface area contributed by atoms with Crippen LogP contribution in [0.3, 0.4) is 0 Å². The molecule has 4 nitrogen and oxygen atoms in total. The zero-order valence-corrected chi connectivity index (χ0v) is 16.6. The molecule has 1 heterocycles. The van der Waals surface area contributed by atoms with Gasteiger partial charge in [0.25, 0.3) is 0 Å². The van der Waals surface area contributed by atoms with Gasteiger partial charge in [0.15, 0.2) is 0 Å². The van der Waals surface area contributed by atoms with Crippen molar-refractivity contribution in [1.29, 1.82) is 0 Å². The van der Waals surface area contributed by atoms with E-state index in [0.29, 0.717) is 24.6 Å². The summed E-state index contributed by atoms with van der Waals surface area (Å²) in [4.78, 5) is 13.6. The first kappa shape index (κ1) is 19.7. The van der Waals surface area contributed by atoms with Crippen molar-refractivity contribution in [2.24, 2.45) is 0 Å². The number of aryl methyl sites for hydroxylation is 1. The number of benzene rings is 2. The topological polar surface area (TPSA) is 41.6 Å². The van der Waals surface area contributed by atoms with E-state index >= 15 is 0 Å². The summed E-state index contributed by atoms with van der Waals surface area (Å²) >= 11 is 6.17. The number of halogens is 1. The molecular formula is C22H27ClN2O2. The summed E-state index contributed by atoms with van der Waals surface area (Å²) in [6.45, 7) is 5.90. The number of nitrogens with one attached hydrogen (secondary N) is 1. The van der Waals surface area contributed by atoms with Crippen molar-refractivity contribution in [3.8, 4) is 5.75 Å². The molecule has 2 aromatic rings. The van der Waals surface area contributed by atoms with Crippen molar-refractivity contribution < 1.29 is 9.53 Å². The van der Waals surface area contributed by atoms with Crippen LogP contribution in [0.2, 0.25) is 5.02 Å². The molecule has 3 rings (SSSR count). The quantitative estimate of drug-likeness (QED) is 0.652. The highest BCUT2D eigenvalue weighted by molar-refractivity contribution is 6.30. The fraction of sp³-hybridized carbons (Fsp3) is 0.409. The summed E-state index contributed by atoms with van der Waals surface area (Å²) in [6.07, 6.45) is 2.65. The Hall–Kier alpha value is -2.04. The molecule has 0 bridgehead atoms. The largest absolute Gasteiger partial charge is 0.489 e. The van der Waals surface area contributed by atoms with Gasteiger partial charge in [-0.2, -0.15) is 0 Å². The molecule has 27 heavy (non-hydrogen) atoms. The maximum absolute atomic E-state index is 11.6. The second kappa shape index (κ2) is 9.77. The molecule has 5 heteroatoms. The van der Waals surface area contributed by atoms with Crippen LogP contribution in [-0.4, -0.2) is 30.4 Å². The van der Waals surface area contributed by atoms with Crippen LogP contribution >= 0.6 is 11.6 Å². The first-order chi connectivity index (χ1) is 13.1. The molecule has 1 N–H and O–H groups in total. The Balaban J connectivity index is 1.48. The normalized spacial score (nSPS) is 14.0. The molecule has 0 atom stereocenters. The molecule has 1 aliphatic rings. The van der Waals surface area contributed by atoms with E-state index in [1.807, 2.05) is 23.1 Å². The van der Waals surface area contributed by atoms with Crippen LogP contribution < -0.4 is 10.1 Å². The van der Waals surface area contributed by atoms with E-state index in [1.54, 1.807) is 0 Å². The number of hydrogen-bond acceptors (Lipinski definition) is 3. The number of rotatable bonds is 9. The molecule has 1 fully saturated rings. The third-order valence-corrected chi connectivity index (χ3v) is 5.04. The van der Waals surface area contributed by atoms with Crippen LogP contribution in [0.1, 0.15) is 36.0 Å². The zero-order chi connectivity index (χ0) is 19.1. The van der Waals surface area contributed by atoms with Crippen LogP contribution in [0.5, 0.6) is 5.75 Å². The highest BCUT2D eigenvalue weighted by Crippen LogP contribution is 2.24. The van der Waals surface area contributed by atoms with Crippen molar-refractivity contribution in [2.75, 3.05) is 19.6 Å². The number of carbonyl (C=O) groups excluding carboxylic acids is 1. The first-order valence-corrected chi connectivity index (χ1v) is 9.95. The van der Waals surface area contributed by atoms with Gasteiger partial charge in [0.1, 0.15) is 12.4 Å². The van der Waals surface area contributed by atoms with E-state index in [1.165, 1.54) is 5.56 Å². The van der Waals surface area contributed by atoms with Gasteiger partial charge in [-0.25, -0.2) is 0 Å². The van der Waals surface area contributed by atoms with Crippen LogP contribution in [0.15, 0.2) is 42.5 Å². The minimum Gasteiger partial charge on any atom is -0.489 e. The SMILES string of the molecule is Cc1ccc(COc2ccc(Cl)cc2CNCCCN2CCCC2=O)cc1. The average Bonchev–Trinajstić information content (AvgIpc) is 3.07. The van der Waals surface area contributed by atoms with Gasteiger partial charge in [0.2, 0.25) is 5.91 Å². The Bertz CT molecular complexity index is 761. The standard InChI is InChI=1S/C22H27ClN2O2/c1-17-5-7-18(8-6-17)16-27-21-10-9-20(23)14-19(21)15-24-11-3-13-25-12-2-4-22(25)26/h5-10,14,24H,2-4,11-13,15-16H2,1H3.